The molecule has 0 atom stereocenters. The van der Waals surface area contributed by atoms with Crippen LogP contribution in [0.5, 0.6) is 0 Å². The minimum absolute atomic E-state index is 0. The van der Waals surface area contributed by atoms with Crippen LogP contribution in [-0.4, -0.2) is 23.0 Å². The lowest BCUT2D eigenvalue weighted by Crippen LogP contribution is -2.52. The maximum absolute atomic E-state index is 13.0. The van der Waals surface area contributed by atoms with Crippen LogP contribution in [0.1, 0.15) is 42.1 Å². The van der Waals surface area contributed by atoms with Gasteiger partial charge in [-0.05, 0) is 44.0 Å². The number of carbonyl (C=O) groups excluding carboxylic acids is 1. The zero-order valence-corrected chi connectivity index (χ0v) is 16.9. The first-order chi connectivity index (χ1) is 10.9. The fraction of sp³-hybridized carbons (Fsp3) is 0.412. The number of rotatable bonds is 6. The standard InChI is InChI=1S/C17H22FN3OS.2ClH/c1-4-17(5-2,10-19)21-15(22)14-11(3)20-16(23-14)12-6-8-13(18)9-7-12;;/h6-9H,4-5,10,19H2,1-3H3,(H,21,22);2*1H. The molecule has 0 spiro atoms. The molecule has 0 radical (unpaired) electrons. The quantitative estimate of drug-likeness (QED) is 0.747. The highest BCUT2D eigenvalue weighted by atomic mass is 35.5. The molecule has 0 aliphatic heterocycles. The Hall–Kier alpha value is -1.21. The van der Waals surface area contributed by atoms with Crippen molar-refractivity contribution in [3.8, 4) is 10.6 Å². The van der Waals surface area contributed by atoms with Crippen molar-refractivity contribution in [3.63, 3.8) is 0 Å². The SMILES string of the molecule is CCC(CC)(CN)NC(=O)c1sc(-c2ccc(F)cc2)nc1C.Cl.Cl. The van der Waals surface area contributed by atoms with Gasteiger partial charge in [-0.15, -0.1) is 36.2 Å². The number of nitrogens with one attached hydrogen (secondary N) is 1. The molecule has 4 nitrogen and oxygen atoms in total. The normalized spacial score (nSPS) is 10.6. The Morgan fingerprint density at radius 1 is 1.24 bits per heavy atom. The Morgan fingerprint density at radius 2 is 1.80 bits per heavy atom. The molecule has 1 aromatic carbocycles. The number of hydrogen-bond acceptors (Lipinski definition) is 4. The molecule has 2 rings (SSSR count). The van der Waals surface area contributed by atoms with Gasteiger partial charge in [0.2, 0.25) is 0 Å². The van der Waals surface area contributed by atoms with Gasteiger partial charge in [0.25, 0.3) is 5.91 Å². The lowest BCUT2D eigenvalue weighted by Gasteiger charge is -2.31. The van der Waals surface area contributed by atoms with E-state index in [1.54, 1.807) is 19.1 Å². The van der Waals surface area contributed by atoms with E-state index in [1.807, 2.05) is 13.8 Å². The Kier molecular flexibility index (Phi) is 9.58. The number of benzene rings is 1. The van der Waals surface area contributed by atoms with Gasteiger partial charge in [0, 0.05) is 12.1 Å². The molecule has 0 fully saturated rings. The Morgan fingerprint density at radius 3 is 2.28 bits per heavy atom. The van der Waals surface area contributed by atoms with Crippen molar-refractivity contribution in [1.82, 2.24) is 10.3 Å². The molecule has 1 amide bonds. The second kappa shape index (κ2) is 10.1. The lowest BCUT2D eigenvalue weighted by molar-refractivity contribution is 0.0898. The van der Waals surface area contributed by atoms with Crippen molar-refractivity contribution in [3.05, 3.63) is 40.7 Å². The summed E-state index contributed by atoms with van der Waals surface area (Å²) < 4.78 is 13.0. The molecule has 2 aromatic rings. The predicted molar refractivity (Wildman–Crippen MR) is 107 cm³/mol. The summed E-state index contributed by atoms with van der Waals surface area (Å²) >= 11 is 1.31. The molecular weight excluding hydrogens is 384 g/mol. The Balaban J connectivity index is 0.00000288. The third kappa shape index (κ3) is 5.38. The van der Waals surface area contributed by atoms with Crippen LogP contribution in [0, 0.1) is 12.7 Å². The van der Waals surface area contributed by atoms with Crippen molar-refractivity contribution in [2.45, 2.75) is 39.2 Å². The van der Waals surface area contributed by atoms with Gasteiger partial charge in [0.05, 0.1) is 11.2 Å². The second-order valence-corrected chi connectivity index (χ2v) is 6.59. The minimum atomic E-state index is -0.385. The zero-order chi connectivity index (χ0) is 17.0. The van der Waals surface area contributed by atoms with Gasteiger partial charge >= 0.3 is 0 Å². The van der Waals surface area contributed by atoms with E-state index in [-0.39, 0.29) is 42.1 Å². The molecule has 1 heterocycles. The molecule has 0 bridgehead atoms. The first-order valence-electron chi connectivity index (χ1n) is 7.70. The average molecular weight is 408 g/mol. The molecule has 140 valence electrons. The molecular formula is C17H24Cl2FN3OS. The highest BCUT2D eigenvalue weighted by Crippen LogP contribution is 2.28. The average Bonchev–Trinajstić information content (AvgIpc) is 2.95. The summed E-state index contributed by atoms with van der Waals surface area (Å²) in [4.78, 5) is 17.6. The summed E-state index contributed by atoms with van der Waals surface area (Å²) in [5.74, 6) is -0.443. The summed E-state index contributed by atoms with van der Waals surface area (Å²) in [5.41, 5.74) is 6.93. The fourth-order valence-corrected chi connectivity index (χ4v) is 3.35. The highest BCUT2D eigenvalue weighted by molar-refractivity contribution is 7.17. The van der Waals surface area contributed by atoms with Crippen LogP contribution in [0.3, 0.4) is 0 Å². The number of amides is 1. The molecule has 8 heteroatoms. The number of halogens is 3. The van der Waals surface area contributed by atoms with Gasteiger partial charge in [-0.2, -0.15) is 0 Å². The van der Waals surface area contributed by atoms with Crippen LogP contribution in [0.15, 0.2) is 24.3 Å². The summed E-state index contributed by atoms with van der Waals surface area (Å²) in [5, 5.41) is 3.76. The van der Waals surface area contributed by atoms with Crippen molar-refractivity contribution in [2.24, 2.45) is 5.73 Å². The summed E-state index contributed by atoms with van der Waals surface area (Å²) in [6, 6.07) is 6.11. The summed E-state index contributed by atoms with van der Waals surface area (Å²) in [6.45, 7) is 6.23. The topological polar surface area (TPSA) is 68.0 Å². The number of aromatic nitrogens is 1. The minimum Gasteiger partial charge on any atom is -0.345 e. The molecule has 0 saturated heterocycles. The maximum Gasteiger partial charge on any atom is 0.263 e. The summed E-state index contributed by atoms with van der Waals surface area (Å²) in [7, 11) is 0. The lowest BCUT2D eigenvalue weighted by atomic mass is 9.93. The number of aryl methyl sites for hydroxylation is 1. The van der Waals surface area contributed by atoms with E-state index in [1.165, 1.54) is 23.5 Å². The van der Waals surface area contributed by atoms with E-state index in [9.17, 15) is 9.18 Å². The fourth-order valence-electron chi connectivity index (χ4n) is 2.39. The van der Waals surface area contributed by atoms with Gasteiger partial charge in [-0.25, -0.2) is 9.37 Å². The third-order valence-corrected chi connectivity index (χ3v) is 5.42. The first-order valence-corrected chi connectivity index (χ1v) is 8.52. The van der Waals surface area contributed by atoms with Crippen LogP contribution in [0.2, 0.25) is 0 Å². The van der Waals surface area contributed by atoms with E-state index < -0.39 is 0 Å². The van der Waals surface area contributed by atoms with Crippen molar-refractivity contribution >= 4 is 42.1 Å². The number of nitrogens with two attached hydrogens (primary N) is 1. The number of hydrogen-bond donors (Lipinski definition) is 2. The molecule has 1 aromatic heterocycles. The summed E-state index contributed by atoms with van der Waals surface area (Å²) in [6.07, 6.45) is 1.54. The van der Waals surface area contributed by atoms with Gasteiger partial charge in [-0.1, -0.05) is 13.8 Å². The van der Waals surface area contributed by atoms with Gasteiger partial charge in [0.15, 0.2) is 0 Å². The largest absolute Gasteiger partial charge is 0.345 e. The number of thiazole rings is 1. The van der Waals surface area contributed by atoms with Crippen LogP contribution >= 0.6 is 36.2 Å². The van der Waals surface area contributed by atoms with Gasteiger partial charge in [0.1, 0.15) is 15.7 Å². The zero-order valence-electron chi connectivity index (χ0n) is 14.5. The highest BCUT2D eigenvalue weighted by Gasteiger charge is 2.28. The van der Waals surface area contributed by atoms with E-state index in [0.29, 0.717) is 22.1 Å². The Bertz CT molecular complexity index is 679. The van der Waals surface area contributed by atoms with Gasteiger partial charge in [-0.3, -0.25) is 4.79 Å². The van der Waals surface area contributed by atoms with Crippen LogP contribution in [0.25, 0.3) is 10.6 Å². The van der Waals surface area contributed by atoms with Crippen LogP contribution in [-0.2, 0) is 0 Å². The number of nitrogens with zero attached hydrogens (tertiary/aromatic N) is 1. The van der Waals surface area contributed by atoms with Crippen LogP contribution in [0.4, 0.5) is 4.39 Å². The molecule has 25 heavy (non-hydrogen) atoms. The number of carbonyl (C=O) groups is 1. The molecule has 0 aliphatic carbocycles. The predicted octanol–water partition coefficient (Wildman–Crippen LogP) is 4.35. The van der Waals surface area contributed by atoms with Gasteiger partial charge < -0.3 is 11.1 Å². The molecule has 0 unspecified atom stereocenters. The van der Waals surface area contributed by atoms with Crippen molar-refractivity contribution < 1.29 is 9.18 Å². The van der Waals surface area contributed by atoms with Crippen molar-refractivity contribution in [2.75, 3.05) is 6.54 Å². The van der Waals surface area contributed by atoms with Crippen molar-refractivity contribution in [1.29, 1.82) is 0 Å². The van der Waals surface area contributed by atoms with E-state index >= 15 is 0 Å². The third-order valence-electron chi connectivity index (χ3n) is 4.22. The molecule has 0 saturated carbocycles. The van der Waals surface area contributed by atoms with E-state index in [2.05, 4.69) is 10.3 Å². The second-order valence-electron chi connectivity index (χ2n) is 5.59. The van der Waals surface area contributed by atoms with E-state index in [4.69, 9.17) is 5.73 Å². The first kappa shape index (κ1) is 23.8. The monoisotopic (exact) mass is 407 g/mol. The molecule has 0 aliphatic rings. The smallest absolute Gasteiger partial charge is 0.263 e. The Labute approximate surface area is 164 Å². The maximum atomic E-state index is 13.0. The van der Waals surface area contributed by atoms with E-state index in [0.717, 1.165) is 18.4 Å². The van der Waals surface area contributed by atoms with Crippen LogP contribution < -0.4 is 11.1 Å². The molecule has 3 N–H and O–H groups in total.